The van der Waals surface area contributed by atoms with E-state index in [0.717, 1.165) is 11.4 Å². The molecule has 0 N–H and O–H groups in total. The van der Waals surface area contributed by atoms with E-state index in [0.29, 0.717) is 0 Å². The maximum atomic E-state index is 2.53. The molecule has 10 aromatic carbocycles. The lowest BCUT2D eigenvalue weighted by atomic mass is 9.82. The molecule has 0 saturated heterocycles. The Balaban J connectivity index is 1.17. The Bertz CT molecular complexity index is 3210. The van der Waals surface area contributed by atoms with Gasteiger partial charge in [0.2, 0.25) is 0 Å². The van der Waals surface area contributed by atoms with Gasteiger partial charge in [0.25, 0.3) is 0 Å². The van der Waals surface area contributed by atoms with Gasteiger partial charge in [-0.15, -0.1) is 0 Å². The van der Waals surface area contributed by atoms with E-state index in [1.54, 1.807) is 0 Å². The first-order chi connectivity index (χ1) is 29.5. The molecule has 11 rings (SSSR count). The van der Waals surface area contributed by atoms with Crippen LogP contribution < -0.4 is 4.90 Å². The second-order valence-electron chi connectivity index (χ2n) is 16.5. The second kappa shape index (κ2) is 14.4. The molecule has 0 saturated carbocycles. The summed E-state index contributed by atoms with van der Waals surface area (Å²) in [5.74, 6) is 0. The third kappa shape index (κ3) is 5.93. The zero-order valence-electron chi connectivity index (χ0n) is 33.8. The molecule has 1 aliphatic rings. The van der Waals surface area contributed by atoms with Crippen LogP contribution in [0.5, 0.6) is 0 Å². The third-order valence-corrected chi connectivity index (χ3v) is 12.6. The van der Waals surface area contributed by atoms with Crippen molar-refractivity contribution in [3.8, 4) is 55.6 Å². The average molecular weight is 766 g/mol. The van der Waals surface area contributed by atoms with Crippen LogP contribution in [0, 0.1) is 0 Å². The zero-order chi connectivity index (χ0) is 40.2. The summed E-state index contributed by atoms with van der Waals surface area (Å²) >= 11 is 0. The van der Waals surface area contributed by atoms with Crippen molar-refractivity contribution in [2.24, 2.45) is 0 Å². The Labute approximate surface area is 352 Å². The van der Waals surface area contributed by atoms with Crippen LogP contribution in [0.25, 0.3) is 77.2 Å². The van der Waals surface area contributed by atoms with Crippen molar-refractivity contribution in [1.82, 2.24) is 0 Å². The van der Waals surface area contributed by atoms with Crippen molar-refractivity contribution in [2.75, 3.05) is 4.90 Å². The van der Waals surface area contributed by atoms with Crippen LogP contribution in [0.3, 0.4) is 0 Å². The van der Waals surface area contributed by atoms with Crippen LogP contribution in [0.1, 0.15) is 25.0 Å². The molecule has 1 heteroatoms. The van der Waals surface area contributed by atoms with Gasteiger partial charge in [-0.25, -0.2) is 0 Å². The number of hydrogen-bond donors (Lipinski definition) is 0. The number of benzene rings is 10. The lowest BCUT2D eigenvalue weighted by Gasteiger charge is -2.32. The van der Waals surface area contributed by atoms with Gasteiger partial charge in [-0.2, -0.15) is 0 Å². The van der Waals surface area contributed by atoms with E-state index < -0.39 is 0 Å². The Morgan fingerprint density at radius 2 is 0.750 bits per heavy atom. The molecule has 0 heterocycles. The fourth-order valence-electron chi connectivity index (χ4n) is 9.68. The van der Waals surface area contributed by atoms with Gasteiger partial charge >= 0.3 is 0 Å². The molecule has 1 nitrogen and oxygen atoms in total. The number of anilines is 3. The highest BCUT2D eigenvalue weighted by Gasteiger charge is 2.36. The molecule has 284 valence electrons. The van der Waals surface area contributed by atoms with Crippen LogP contribution >= 0.6 is 0 Å². The summed E-state index contributed by atoms with van der Waals surface area (Å²) in [4.78, 5) is 2.53. The Morgan fingerprint density at radius 1 is 0.300 bits per heavy atom. The van der Waals surface area contributed by atoms with Crippen molar-refractivity contribution < 1.29 is 0 Å². The normalized spacial score (nSPS) is 12.6. The predicted molar refractivity (Wildman–Crippen MR) is 255 cm³/mol. The molecule has 0 bridgehead atoms. The van der Waals surface area contributed by atoms with Gasteiger partial charge in [0.05, 0.1) is 5.69 Å². The molecular formula is C59H43N. The molecule has 0 amide bonds. The summed E-state index contributed by atoms with van der Waals surface area (Å²) in [6.07, 6.45) is 0. The number of nitrogens with zero attached hydrogens (tertiary/aromatic N) is 1. The fourth-order valence-corrected chi connectivity index (χ4v) is 9.68. The monoisotopic (exact) mass is 765 g/mol. The molecule has 0 aromatic heterocycles. The topological polar surface area (TPSA) is 3.24 Å². The van der Waals surface area contributed by atoms with E-state index in [1.165, 1.54) is 94.0 Å². The van der Waals surface area contributed by atoms with Gasteiger partial charge in [0.1, 0.15) is 0 Å². The van der Waals surface area contributed by atoms with Gasteiger partial charge in [-0.3, -0.25) is 0 Å². The van der Waals surface area contributed by atoms with Crippen LogP contribution in [0.15, 0.2) is 224 Å². The van der Waals surface area contributed by atoms with Gasteiger partial charge in [0.15, 0.2) is 0 Å². The summed E-state index contributed by atoms with van der Waals surface area (Å²) in [7, 11) is 0. The molecule has 0 atom stereocenters. The second-order valence-corrected chi connectivity index (χ2v) is 16.5. The van der Waals surface area contributed by atoms with Crippen LogP contribution in [0.4, 0.5) is 17.1 Å². The third-order valence-electron chi connectivity index (χ3n) is 12.6. The average Bonchev–Trinajstić information content (AvgIpc) is 3.55. The van der Waals surface area contributed by atoms with E-state index in [4.69, 9.17) is 0 Å². The standard InChI is InChI=1S/C59H43N/c1-59(2)55-30-14-13-27-51(55)52-36-35-48(39-56(52)59)60(47-33-31-42(32-34-47)44-22-15-21-43(37-44)40-17-5-3-6-18-40)58-54-29-12-10-26-50(54)49-25-9-11-28-53(49)57(58)46-24-16-23-45(38-46)41-19-7-4-8-20-41/h3-39H,1-2H3. The van der Waals surface area contributed by atoms with Crippen molar-refractivity contribution in [3.05, 3.63) is 236 Å². The van der Waals surface area contributed by atoms with Crippen LogP contribution in [0.2, 0.25) is 0 Å². The van der Waals surface area contributed by atoms with Crippen LogP contribution in [-0.2, 0) is 5.41 Å². The first kappa shape index (κ1) is 35.7. The molecule has 0 radical (unpaired) electrons. The van der Waals surface area contributed by atoms with Gasteiger partial charge < -0.3 is 4.90 Å². The summed E-state index contributed by atoms with van der Waals surface area (Å²) in [6.45, 7) is 4.74. The minimum absolute atomic E-state index is 0.153. The summed E-state index contributed by atoms with van der Waals surface area (Å²) in [5.41, 5.74) is 18.2. The minimum atomic E-state index is -0.153. The molecule has 0 unspecified atom stereocenters. The highest BCUT2D eigenvalue weighted by Crippen LogP contribution is 2.53. The highest BCUT2D eigenvalue weighted by molar-refractivity contribution is 6.22. The minimum Gasteiger partial charge on any atom is -0.309 e. The van der Waals surface area contributed by atoms with Gasteiger partial charge in [-0.1, -0.05) is 202 Å². The molecule has 0 fully saturated rings. The first-order valence-corrected chi connectivity index (χ1v) is 20.9. The Hall–Kier alpha value is -7.48. The molecule has 1 aliphatic carbocycles. The first-order valence-electron chi connectivity index (χ1n) is 20.9. The molecule has 60 heavy (non-hydrogen) atoms. The predicted octanol–water partition coefficient (Wildman–Crippen LogP) is 16.4. The summed E-state index contributed by atoms with van der Waals surface area (Å²) in [5, 5.41) is 4.92. The molecule has 0 aliphatic heterocycles. The summed E-state index contributed by atoms with van der Waals surface area (Å²) < 4.78 is 0. The molecule has 10 aromatic rings. The van der Waals surface area contributed by atoms with Crippen molar-refractivity contribution in [3.63, 3.8) is 0 Å². The fraction of sp³-hybridized carbons (Fsp3) is 0.0508. The number of fused-ring (bicyclic) bond motifs is 6. The van der Waals surface area contributed by atoms with E-state index in [1.807, 2.05) is 0 Å². The maximum absolute atomic E-state index is 2.53. The lowest BCUT2D eigenvalue weighted by molar-refractivity contribution is 0.660. The van der Waals surface area contributed by atoms with Crippen molar-refractivity contribution >= 4 is 38.6 Å². The maximum Gasteiger partial charge on any atom is 0.0624 e. The van der Waals surface area contributed by atoms with E-state index in [2.05, 4.69) is 243 Å². The zero-order valence-corrected chi connectivity index (χ0v) is 33.8. The number of rotatable bonds is 7. The van der Waals surface area contributed by atoms with E-state index in [9.17, 15) is 0 Å². The van der Waals surface area contributed by atoms with Crippen molar-refractivity contribution in [1.29, 1.82) is 0 Å². The van der Waals surface area contributed by atoms with Gasteiger partial charge in [0, 0.05) is 27.7 Å². The summed E-state index contributed by atoms with van der Waals surface area (Å²) in [6, 6.07) is 82.5. The Morgan fingerprint density at radius 3 is 1.40 bits per heavy atom. The smallest absolute Gasteiger partial charge is 0.0624 e. The van der Waals surface area contributed by atoms with Gasteiger partial charge in [-0.05, 0) is 114 Å². The lowest BCUT2D eigenvalue weighted by Crippen LogP contribution is -2.17. The van der Waals surface area contributed by atoms with E-state index >= 15 is 0 Å². The molecule has 0 spiro atoms. The largest absolute Gasteiger partial charge is 0.309 e. The molecular weight excluding hydrogens is 723 g/mol. The van der Waals surface area contributed by atoms with Crippen LogP contribution in [-0.4, -0.2) is 0 Å². The van der Waals surface area contributed by atoms with E-state index in [-0.39, 0.29) is 5.41 Å². The highest BCUT2D eigenvalue weighted by atomic mass is 15.1. The van der Waals surface area contributed by atoms with Crippen molar-refractivity contribution in [2.45, 2.75) is 19.3 Å². The quantitative estimate of drug-likeness (QED) is 0.146. The SMILES string of the molecule is CC1(C)c2ccccc2-c2ccc(N(c3ccc(-c4cccc(-c5ccccc5)c4)cc3)c3c(-c4cccc(-c5ccccc5)c4)c4ccccc4c4ccccc34)cc21. The Kier molecular flexibility index (Phi) is 8.57. The number of hydrogen-bond acceptors (Lipinski definition) is 1.